The van der Waals surface area contributed by atoms with Crippen LogP contribution in [0.15, 0.2) is 0 Å². The second-order valence-electron chi connectivity index (χ2n) is 3.43. The monoisotopic (exact) mass is 183 g/mol. The molecule has 0 amide bonds. The fraction of sp³-hybridized carbons (Fsp3) is 0.750. The van der Waals surface area contributed by atoms with Gasteiger partial charge in [-0.15, -0.1) is 0 Å². The van der Waals surface area contributed by atoms with Crippen molar-refractivity contribution in [3.8, 4) is 0 Å². The molecule has 1 heterocycles. The van der Waals surface area contributed by atoms with Gasteiger partial charge in [0.2, 0.25) is 0 Å². The summed E-state index contributed by atoms with van der Waals surface area (Å²) < 4.78 is 2.72. The number of hydrogen-bond donors (Lipinski definition) is 1. The van der Waals surface area contributed by atoms with Crippen LogP contribution in [0, 0.1) is 4.77 Å². The van der Waals surface area contributed by atoms with Crippen LogP contribution in [0.3, 0.4) is 0 Å². The van der Waals surface area contributed by atoms with E-state index in [1.54, 1.807) is 0 Å². The van der Waals surface area contributed by atoms with Crippen molar-refractivity contribution in [2.45, 2.75) is 31.6 Å². The number of nitrogens with zero attached hydrogens (tertiary/aromatic N) is 2. The predicted octanol–water partition coefficient (Wildman–Crippen LogP) is 2.14. The molecule has 4 heteroatoms. The summed E-state index contributed by atoms with van der Waals surface area (Å²) in [7, 11) is 1.99. The molecule has 3 nitrogen and oxygen atoms in total. The summed E-state index contributed by atoms with van der Waals surface area (Å²) in [5.41, 5.74) is 0. The molecule has 0 unspecified atom stereocenters. The maximum absolute atomic E-state index is 5.05. The van der Waals surface area contributed by atoms with E-state index in [2.05, 4.69) is 10.2 Å². The molecule has 1 aliphatic rings. The number of aromatic nitrogens is 3. The van der Waals surface area contributed by atoms with Gasteiger partial charge in [-0.1, -0.05) is 12.8 Å². The molecular formula is C8H13N3S. The Labute approximate surface area is 76.8 Å². The molecule has 2 rings (SSSR count). The summed E-state index contributed by atoms with van der Waals surface area (Å²) >= 11 is 5.05. The third kappa shape index (κ3) is 1.20. The SMILES string of the molecule is Cn1c(C2CCCC2)n[nH]c1=S. The maximum atomic E-state index is 5.05. The molecule has 1 aliphatic carbocycles. The van der Waals surface area contributed by atoms with Crippen molar-refractivity contribution < 1.29 is 0 Å². The minimum Gasteiger partial charge on any atom is -0.307 e. The number of hydrogen-bond acceptors (Lipinski definition) is 2. The second-order valence-corrected chi connectivity index (χ2v) is 3.81. The number of H-pyrrole nitrogens is 1. The molecule has 0 atom stereocenters. The lowest BCUT2D eigenvalue weighted by Crippen LogP contribution is -2.02. The summed E-state index contributed by atoms with van der Waals surface area (Å²) in [6, 6.07) is 0. The molecule has 0 saturated heterocycles. The zero-order valence-electron chi connectivity index (χ0n) is 7.21. The Morgan fingerprint density at radius 1 is 1.50 bits per heavy atom. The van der Waals surface area contributed by atoms with E-state index >= 15 is 0 Å². The van der Waals surface area contributed by atoms with Gasteiger partial charge in [-0.2, -0.15) is 5.10 Å². The molecule has 1 aromatic rings. The van der Waals surface area contributed by atoms with Crippen LogP contribution in [0.2, 0.25) is 0 Å². The largest absolute Gasteiger partial charge is 0.307 e. The molecule has 66 valence electrons. The van der Waals surface area contributed by atoms with Crippen LogP contribution in [-0.2, 0) is 7.05 Å². The van der Waals surface area contributed by atoms with Crippen molar-refractivity contribution in [3.05, 3.63) is 10.6 Å². The summed E-state index contributed by atoms with van der Waals surface area (Å²) in [5, 5.41) is 7.07. The van der Waals surface area contributed by atoms with Gasteiger partial charge in [0.1, 0.15) is 5.82 Å². The molecule has 0 bridgehead atoms. The third-order valence-corrected chi connectivity index (χ3v) is 3.00. The van der Waals surface area contributed by atoms with E-state index in [-0.39, 0.29) is 0 Å². The van der Waals surface area contributed by atoms with Crippen molar-refractivity contribution in [2.75, 3.05) is 0 Å². The third-order valence-electron chi connectivity index (χ3n) is 2.63. The summed E-state index contributed by atoms with van der Waals surface area (Å²) in [6.45, 7) is 0. The number of aromatic amines is 1. The summed E-state index contributed by atoms with van der Waals surface area (Å²) in [6.07, 6.45) is 5.22. The van der Waals surface area contributed by atoms with Crippen molar-refractivity contribution in [3.63, 3.8) is 0 Å². The minimum atomic E-state index is 0.642. The molecule has 1 N–H and O–H groups in total. The van der Waals surface area contributed by atoms with Crippen LogP contribution in [0.1, 0.15) is 37.4 Å². The Balaban J connectivity index is 2.32. The first-order chi connectivity index (χ1) is 5.79. The standard InChI is InChI=1S/C8H13N3S/c1-11-7(9-10-8(11)12)6-4-2-3-5-6/h6H,2-5H2,1H3,(H,10,12). The number of rotatable bonds is 1. The molecule has 1 saturated carbocycles. The van der Waals surface area contributed by atoms with Gasteiger partial charge in [-0.25, -0.2) is 0 Å². The van der Waals surface area contributed by atoms with Crippen LogP contribution in [0.4, 0.5) is 0 Å². The maximum Gasteiger partial charge on any atom is 0.194 e. The lowest BCUT2D eigenvalue weighted by Gasteiger charge is -2.06. The first-order valence-corrected chi connectivity index (χ1v) is 4.81. The van der Waals surface area contributed by atoms with Gasteiger partial charge in [0.25, 0.3) is 0 Å². The first-order valence-electron chi connectivity index (χ1n) is 4.40. The molecular weight excluding hydrogens is 170 g/mol. The number of nitrogens with one attached hydrogen (secondary N) is 1. The first kappa shape index (κ1) is 7.98. The average molecular weight is 183 g/mol. The molecule has 0 radical (unpaired) electrons. The normalized spacial score (nSPS) is 18.8. The van der Waals surface area contributed by atoms with E-state index in [0.717, 1.165) is 10.6 Å². The van der Waals surface area contributed by atoms with Crippen LogP contribution >= 0.6 is 12.2 Å². The Morgan fingerprint density at radius 3 is 2.67 bits per heavy atom. The van der Waals surface area contributed by atoms with Gasteiger partial charge < -0.3 is 4.57 Å². The van der Waals surface area contributed by atoms with Gasteiger partial charge in [0.05, 0.1) is 0 Å². The van der Waals surface area contributed by atoms with E-state index < -0.39 is 0 Å². The van der Waals surface area contributed by atoms with Gasteiger partial charge >= 0.3 is 0 Å². The van der Waals surface area contributed by atoms with E-state index in [9.17, 15) is 0 Å². The van der Waals surface area contributed by atoms with Crippen molar-refractivity contribution in [1.82, 2.24) is 14.8 Å². The average Bonchev–Trinajstić information content (AvgIpc) is 2.64. The van der Waals surface area contributed by atoms with E-state index in [4.69, 9.17) is 12.2 Å². The molecule has 1 aromatic heterocycles. The van der Waals surface area contributed by atoms with Crippen LogP contribution in [0.25, 0.3) is 0 Å². The molecule has 12 heavy (non-hydrogen) atoms. The van der Waals surface area contributed by atoms with Crippen molar-refractivity contribution in [1.29, 1.82) is 0 Å². The summed E-state index contributed by atoms with van der Waals surface area (Å²) in [5.74, 6) is 1.78. The Morgan fingerprint density at radius 2 is 2.17 bits per heavy atom. The Bertz CT molecular complexity index is 319. The van der Waals surface area contributed by atoms with E-state index in [1.807, 2.05) is 11.6 Å². The van der Waals surface area contributed by atoms with Gasteiger partial charge in [-0.3, -0.25) is 5.10 Å². The van der Waals surface area contributed by atoms with Crippen LogP contribution < -0.4 is 0 Å². The molecule has 0 aliphatic heterocycles. The lowest BCUT2D eigenvalue weighted by atomic mass is 10.1. The van der Waals surface area contributed by atoms with Crippen LogP contribution in [-0.4, -0.2) is 14.8 Å². The topological polar surface area (TPSA) is 33.6 Å². The van der Waals surface area contributed by atoms with Crippen molar-refractivity contribution >= 4 is 12.2 Å². The minimum absolute atomic E-state index is 0.642. The zero-order chi connectivity index (χ0) is 8.55. The Hall–Kier alpha value is -0.640. The van der Waals surface area contributed by atoms with Crippen molar-refractivity contribution in [2.24, 2.45) is 7.05 Å². The molecule has 1 fully saturated rings. The zero-order valence-corrected chi connectivity index (χ0v) is 8.02. The van der Waals surface area contributed by atoms with Gasteiger partial charge in [0.15, 0.2) is 4.77 Å². The highest BCUT2D eigenvalue weighted by atomic mass is 32.1. The summed E-state index contributed by atoms with van der Waals surface area (Å²) in [4.78, 5) is 0. The van der Waals surface area contributed by atoms with Gasteiger partial charge in [-0.05, 0) is 25.1 Å². The Kier molecular flexibility index (Phi) is 2.00. The van der Waals surface area contributed by atoms with Crippen LogP contribution in [0.5, 0.6) is 0 Å². The second kappa shape index (κ2) is 3.01. The quantitative estimate of drug-likeness (QED) is 0.677. The molecule has 0 aromatic carbocycles. The smallest absolute Gasteiger partial charge is 0.194 e. The van der Waals surface area contributed by atoms with Gasteiger partial charge in [0, 0.05) is 13.0 Å². The predicted molar refractivity (Wildman–Crippen MR) is 49.6 cm³/mol. The molecule has 0 spiro atoms. The van der Waals surface area contributed by atoms with E-state index in [0.29, 0.717) is 5.92 Å². The highest BCUT2D eigenvalue weighted by molar-refractivity contribution is 7.71. The van der Waals surface area contributed by atoms with E-state index in [1.165, 1.54) is 25.7 Å². The fourth-order valence-corrected chi connectivity index (χ4v) is 2.05. The highest BCUT2D eigenvalue weighted by Gasteiger charge is 2.21. The highest BCUT2D eigenvalue weighted by Crippen LogP contribution is 2.32. The lowest BCUT2D eigenvalue weighted by molar-refractivity contribution is 0.628. The fourth-order valence-electron chi connectivity index (χ4n) is 1.91.